The highest BCUT2D eigenvalue weighted by Gasteiger charge is 2.29. The SMILES string of the molecule is CC1(C)CCCN(S(=O)(=O)Cc2ccccc2C#N)CC1. The third-order valence-electron chi connectivity index (χ3n) is 4.17. The minimum atomic E-state index is -3.36. The summed E-state index contributed by atoms with van der Waals surface area (Å²) >= 11 is 0. The van der Waals surface area contributed by atoms with Crippen molar-refractivity contribution in [3.63, 3.8) is 0 Å². The molecule has 4 nitrogen and oxygen atoms in total. The maximum Gasteiger partial charge on any atom is 0.218 e. The summed E-state index contributed by atoms with van der Waals surface area (Å²) < 4.78 is 26.8. The van der Waals surface area contributed by atoms with Gasteiger partial charge in [-0.05, 0) is 36.3 Å². The van der Waals surface area contributed by atoms with E-state index in [2.05, 4.69) is 19.9 Å². The summed E-state index contributed by atoms with van der Waals surface area (Å²) in [6.07, 6.45) is 2.83. The molecule has 1 fully saturated rings. The molecule has 1 saturated heterocycles. The molecule has 0 bridgehead atoms. The molecule has 1 aromatic rings. The number of hydrogen-bond donors (Lipinski definition) is 0. The van der Waals surface area contributed by atoms with Crippen LogP contribution >= 0.6 is 0 Å². The van der Waals surface area contributed by atoms with Crippen LogP contribution in [0.1, 0.15) is 44.2 Å². The first-order valence-electron chi connectivity index (χ1n) is 7.30. The van der Waals surface area contributed by atoms with Crippen LogP contribution in [0.3, 0.4) is 0 Å². The molecule has 0 spiro atoms. The van der Waals surface area contributed by atoms with Gasteiger partial charge in [0, 0.05) is 13.1 Å². The van der Waals surface area contributed by atoms with Crippen molar-refractivity contribution in [2.24, 2.45) is 5.41 Å². The van der Waals surface area contributed by atoms with Crippen molar-refractivity contribution in [3.05, 3.63) is 35.4 Å². The van der Waals surface area contributed by atoms with Crippen LogP contribution in [-0.4, -0.2) is 25.8 Å². The van der Waals surface area contributed by atoms with E-state index in [-0.39, 0.29) is 11.2 Å². The van der Waals surface area contributed by atoms with Crippen molar-refractivity contribution in [3.8, 4) is 6.07 Å². The van der Waals surface area contributed by atoms with E-state index < -0.39 is 10.0 Å². The molecule has 2 rings (SSSR count). The fourth-order valence-electron chi connectivity index (χ4n) is 2.72. The molecule has 0 aromatic heterocycles. The highest BCUT2D eigenvalue weighted by molar-refractivity contribution is 7.88. The average molecular weight is 306 g/mol. The second kappa shape index (κ2) is 6.17. The fourth-order valence-corrected chi connectivity index (χ4v) is 4.32. The van der Waals surface area contributed by atoms with E-state index in [9.17, 15) is 8.42 Å². The first kappa shape index (κ1) is 16.0. The Bertz CT molecular complexity index is 644. The van der Waals surface area contributed by atoms with E-state index >= 15 is 0 Å². The molecule has 0 unspecified atom stereocenters. The van der Waals surface area contributed by atoms with Gasteiger partial charge >= 0.3 is 0 Å². The number of rotatable bonds is 3. The maximum atomic E-state index is 12.6. The van der Waals surface area contributed by atoms with Crippen LogP contribution in [0.4, 0.5) is 0 Å². The molecule has 0 amide bonds. The zero-order chi connectivity index (χ0) is 15.5. The van der Waals surface area contributed by atoms with Gasteiger partial charge in [0.1, 0.15) is 0 Å². The molecule has 5 heteroatoms. The fraction of sp³-hybridized carbons (Fsp3) is 0.562. The summed E-state index contributed by atoms with van der Waals surface area (Å²) in [4.78, 5) is 0. The number of nitriles is 1. The summed E-state index contributed by atoms with van der Waals surface area (Å²) in [5.74, 6) is -0.0861. The van der Waals surface area contributed by atoms with Gasteiger partial charge in [0.15, 0.2) is 0 Å². The van der Waals surface area contributed by atoms with Crippen molar-refractivity contribution < 1.29 is 8.42 Å². The summed E-state index contributed by atoms with van der Waals surface area (Å²) in [5.41, 5.74) is 1.23. The number of nitrogens with zero attached hydrogens (tertiary/aromatic N) is 2. The smallest absolute Gasteiger partial charge is 0.212 e. The summed E-state index contributed by atoms with van der Waals surface area (Å²) in [7, 11) is -3.36. The second-order valence-electron chi connectivity index (χ2n) is 6.44. The van der Waals surface area contributed by atoms with Crippen LogP contribution in [0.2, 0.25) is 0 Å². The molecule has 21 heavy (non-hydrogen) atoms. The minimum absolute atomic E-state index is 0.0861. The quantitative estimate of drug-likeness (QED) is 0.862. The normalized spacial score (nSPS) is 19.7. The first-order valence-corrected chi connectivity index (χ1v) is 8.91. The zero-order valence-corrected chi connectivity index (χ0v) is 13.5. The second-order valence-corrected chi connectivity index (χ2v) is 8.41. The van der Waals surface area contributed by atoms with Crippen molar-refractivity contribution in [1.29, 1.82) is 5.26 Å². The van der Waals surface area contributed by atoms with Crippen LogP contribution in [0.25, 0.3) is 0 Å². The van der Waals surface area contributed by atoms with Crippen LogP contribution < -0.4 is 0 Å². The van der Waals surface area contributed by atoms with E-state index in [0.717, 1.165) is 19.3 Å². The van der Waals surface area contributed by atoms with Gasteiger partial charge in [-0.25, -0.2) is 12.7 Å². The van der Waals surface area contributed by atoms with Gasteiger partial charge in [-0.15, -0.1) is 0 Å². The Balaban J connectivity index is 2.17. The molecular weight excluding hydrogens is 284 g/mol. The predicted octanol–water partition coefficient (Wildman–Crippen LogP) is 2.90. The molecule has 1 aliphatic heterocycles. The van der Waals surface area contributed by atoms with Crippen LogP contribution in [0.15, 0.2) is 24.3 Å². The Morgan fingerprint density at radius 3 is 2.67 bits per heavy atom. The Hall–Kier alpha value is -1.38. The molecule has 1 aliphatic rings. The third kappa shape index (κ3) is 4.05. The van der Waals surface area contributed by atoms with Gasteiger partial charge in [0.2, 0.25) is 10.0 Å². The number of hydrogen-bond acceptors (Lipinski definition) is 3. The highest BCUT2D eigenvalue weighted by Crippen LogP contribution is 2.31. The lowest BCUT2D eigenvalue weighted by atomic mass is 9.85. The van der Waals surface area contributed by atoms with E-state index in [0.29, 0.717) is 24.2 Å². The lowest BCUT2D eigenvalue weighted by molar-refractivity contribution is 0.314. The largest absolute Gasteiger partial charge is 0.218 e. The summed E-state index contributed by atoms with van der Waals surface area (Å²) in [6.45, 7) is 5.53. The monoisotopic (exact) mass is 306 g/mol. The first-order chi connectivity index (χ1) is 9.84. The van der Waals surface area contributed by atoms with Crippen LogP contribution in [-0.2, 0) is 15.8 Å². The predicted molar refractivity (Wildman–Crippen MR) is 83.0 cm³/mol. The molecule has 1 heterocycles. The van der Waals surface area contributed by atoms with Gasteiger partial charge in [0.05, 0.1) is 17.4 Å². The maximum absolute atomic E-state index is 12.6. The van der Waals surface area contributed by atoms with E-state index in [1.807, 2.05) is 0 Å². The highest BCUT2D eigenvalue weighted by atomic mass is 32.2. The summed E-state index contributed by atoms with van der Waals surface area (Å²) in [5, 5.41) is 9.08. The minimum Gasteiger partial charge on any atom is -0.212 e. The Morgan fingerprint density at radius 1 is 1.24 bits per heavy atom. The Kier molecular flexibility index (Phi) is 4.70. The van der Waals surface area contributed by atoms with Crippen LogP contribution in [0, 0.1) is 16.7 Å². The summed E-state index contributed by atoms with van der Waals surface area (Å²) in [6, 6.07) is 8.97. The van der Waals surface area contributed by atoms with Gasteiger partial charge in [-0.3, -0.25) is 0 Å². The average Bonchev–Trinajstić information content (AvgIpc) is 2.60. The molecule has 0 N–H and O–H groups in total. The Morgan fingerprint density at radius 2 is 1.95 bits per heavy atom. The molecular formula is C16H22N2O2S. The van der Waals surface area contributed by atoms with Crippen molar-refractivity contribution in [2.75, 3.05) is 13.1 Å². The molecule has 0 saturated carbocycles. The van der Waals surface area contributed by atoms with Gasteiger partial charge in [-0.1, -0.05) is 32.0 Å². The molecule has 0 radical (unpaired) electrons. The van der Waals surface area contributed by atoms with E-state index in [4.69, 9.17) is 5.26 Å². The van der Waals surface area contributed by atoms with Gasteiger partial charge in [0.25, 0.3) is 0 Å². The molecule has 0 aliphatic carbocycles. The van der Waals surface area contributed by atoms with E-state index in [1.165, 1.54) is 0 Å². The number of sulfonamides is 1. The Labute approximate surface area is 127 Å². The molecule has 114 valence electrons. The van der Waals surface area contributed by atoms with Crippen LogP contribution in [0.5, 0.6) is 0 Å². The van der Waals surface area contributed by atoms with Gasteiger partial charge < -0.3 is 0 Å². The molecule has 0 atom stereocenters. The topological polar surface area (TPSA) is 61.2 Å². The van der Waals surface area contributed by atoms with Crippen molar-refractivity contribution in [2.45, 2.75) is 38.9 Å². The van der Waals surface area contributed by atoms with Crippen molar-refractivity contribution in [1.82, 2.24) is 4.31 Å². The lowest BCUT2D eigenvalue weighted by Gasteiger charge is -2.23. The standard InChI is InChI=1S/C16H22N2O2S/c1-16(2)8-5-10-18(11-9-16)21(19,20)13-15-7-4-3-6-14(15)12-17/h3-4,6-7H,5,8-11,13H2,1-2H3. The number of benzene rings is 1. The molecule has 1 aromatic carbocycles. The third-order valence-corrected chi connectivity index (χ3v) is 6.00. The van der Waals surface area contributed by atoms with Gasteiger partial charge in [-0.2, -0.15) is 5.26 Å². The van der Waals surface area contributed by atoms with E-state index in [1.54, 1.807) is 28.6 Å². The van der Waals surface area contributed by atoms with Crippen molar-refractivity contribution >= 4 is 10.0 Å². The lowest BCUT2D eigenvalue weighted by Crippen LogP contribution is -2.33. The zero-order valence-electron chi connectivity index (χ0n) is 12.7.